The first-order valence-corrected chi connectivity index (χ1v) is 7.96. The van der Waals surface area contributed by atoms with E-state index in [9.17, 15) is 9.59 Å². The van der Waals surface area contributed by atoms with Crippen LogP contribution in [-0.2, 0) is 9.59 Å². The van der Waals surface area contributed by atoms with Crippen molar-refractivity contribution in [1.82, 2.24) is 10.2 Å². The molecule has 1 aliphatic rings. The van der Waals surface area contributed by atoms with Crippen LogP contribution in [-0.4, -0.2) is 41.9 Å². The third kappa shape index (κ3) is 5.65. The standard InChI is InChI=1S/C16H31N3O2/c1-11(2)10-13(17)14(20)18-12-6-8-19(9-7-12)15(21)16(3,4)5/h11-13H,6-10,17H2,1-5H3,(H,18,20). The van der Waals surface area contributed by atoms with Gasteiger partial charge in [-0.25, -0.2) is 0 Å². The number of piperidine rings is 1. The summed E-state index contributed by atoms with van der Waals surface area (Å²) in [6, 6.07) is -0.293. The first-order valence-electron chi connectivity index (χ1n) is 7.96. The van der Waals surface area contributed by atoms with Crippen LogP contribution < -0.4 is 11.1 Å². The Morgan fingerprint density at radius 2 is 1.76 bits per heavy atom. The summed E-state index contributed by atoms with van der Waals surface area (Å²) in [5.74, 6) is 0.532. The minimum atomic E-state index is -0.431. The van der Waals surface area contributed by atoms with E-state index in [1.54, 1.807) is 0 Å². The summed E-state index contributed by atoms with van der Waals surface area (Å²) in [4.78, 5) is 26.1. The number of carbonyl (C=O) groups excluding carboxylic acids is 2. The van der Waals surface area contributed by atoms with E-state index in [4.69, 9.17) is 5.73 Å². The lowest BCUT2D eigenvalue weighted by Gasteiger charge is -2.36. The van der Waals surface area contributed by atoms with Gasteiger partial charge in [-0.2, -0.15) is 0 Å². The van der Waals surface area contributed by atoms with E-state index in [0.717, 1.165) is 12.8 Å². The zero-order valence-electron chi connectivity index (χ0n) is 14.1. The number of hydrogen-bond donors (Lipinski definition) is 2. The molecule has 0 aliphatic carbocycles. The molecule has 5 nitrogen and oxygen atoms in total. The second kappa shape index (κ2) is 7.25. The molecule has 1 saturated heterocycles. The van der Waals surface area contributed by atoms with Crippen LogP contribution in [0.15, 0.2) is 0 Å². The van der Waals surface area contributed by atoms with E-state index in [1.807, 2.05) is 25.7 Å². The zero-order chi connectivity index (χ0) is 16.2. The van der Waals surface area contributed by atoms with Gasteiger partial charge in [-0.3, -0.25) is 9.59 Å². The van der Waals surface area contributed by atoms with Gasteiger partial charge in [-0.15, -0.1) is 0 Å². The highest BCUT2D eigenvalue weighted by Gasteiger charge is 2.31. The second-order valence-electron chi connectivity index (χ2n) is 7.56. The molecule has 0 bridgehead atoms. The fraction of sp³-hybridized carbons (Fsp3) is 0.875. The quantitative estimate of drug-likeness (QED) is 0.826. The molecular formula is C16H31N3O2. The van der Waals surface area contributed by atoms with Gasteiger partial charge in [0.25, 0.3) is 0 Å². The number of hydrogen-bond acceptors (Lipinski definition) is 3. The predicted octanol–water partition coefficient (Wildman–Crippen LogP) is 1.51. The third-order valence-corrected chi connectivity index (χ3v) is 3.83. The molecule has 3 N–H and O–H groups in total. The normalized spacial score (nSPS) is 18.7. The first kappa shape index (κ1) is 18.0. The van der Waals surface area contributed by atoms with Crippen molar-refractivity contribution in [3.63, 3.8) is 0 Å². The van der Waals surface area contributed by atoms with Crippen LogP contribution in [0.25, 0.3) is 0 Å². The van der Waals surface area contributed by atoms with Crippen LogP contribution in [0.1, 0.15) is 53.9 Å². The van der Waals surface area contributed by atoms with Crippen LogP contribution in [0.4, 0.5) is 0 Å². The number of nitrogens with zero attached hydrogens (tertiary/aromatic N) is 1. The average Bonchev–Trinajstić information content (AvgIpc) is 2.36. The minimum absolute atomic E-state index is 0.0655. The van der Waals surface area contributed by atoms with Crippen molar-refractivity contribution in [2.45, 2.75) is 66.0 Å². The monoisotopic (exact) mass is 297 g/mol. The van der Waals surface area contributed by atoms with Gasteiger partial charge in [-0.1, -0.05) is 34.6 Å². The molecule has 1 unspecified atom stereocenters. The highest BCUT2D eigenvalue weighted by atomic mass is 16.2. The molecule has 0 aromatic heterocycles. The number of amides is 2. The van der Waals surface area contributed by atoms with Gasteiger partial charge >= 0.3 is 0 Å². The van der Waals surface area contributed by atoms with Crippen molar-refractivity contribution in [2.24, 2.45) is 17.1 Å². The van der Waals surface area contributed by atoms with Crippen LogP contribution in [0.5, 0.6) is 0 Å². The van der Waals surface area contributed by atoms with E-state index in [1.165, 1.54) is 0 Å². The molecule has 1 rings (SSSR count). The van der Waals surface area contributed by atoms with Crippen molar-refractivity contribution < 1.29 is 9.59 Å². The lowest BCUT2D eigenvalue weighted by Crippen LogP contribution is -2.52. The molecule has 0 radical (unpaired) electrons. The lowest BCUT2D eigenvalue weighted by atomic mass is 9.93. The Bertz CT molecular complexity index is 366. The molecule has 2 amide bonds. The Labute approximate surface area is 128 Å². The van der Waals surface area contributed by atoms with E-state index in [-0.39, 0.29) is 23.3 Å². The second-order valence-corrected chi connectivity index (χ2v) is 7.56. The van der Waals surface area contributed by atoms with E-state index in [2.05, 4.69) is 19.2 Å². The van der Waals surface area contributed by atoms with Gasteiger partial charge in [0.1, 0.15) is 0 Å². The number of nitrogens with one attached hydrogen (secondary N) is 1. The maximum Gasteiger partial charge on any atom is 0.237 e. The maximum atomic E-state index is 12.2. The Morgan fingerprint density at radius 3 is 2.19 bits per heavy atom. The van der Waals surface area contributed by atoms with Gasteiger partial charge in [0.2, 0.25) is 11.8 Å². The number of carbonyl (C=O) groups is 2. The number of nitrogens with two attached hydrogens (primary N) is 1. The van der Waals surface area contributed by atoms with Gasteiger partial charge in [0, 0.05) is 24.5 Å². The number of likely N-dealkylation sites (tertiary alicyclic amines) is 1. The van der Waals surface area contributed by atoms with Gasteiger partial charge in [0.05, 0.1) is 6.04 Å². The average molecular weight is 297 g/mol. The largest absolute Gasteiger partial charge is 0.352 e. The summed E-state index contributed by atoms with van der Waals surface area (Å²) in [5, 5.41) is 3.02. The lowest BCUT2D eigenvalue weighted by molar-refractivity contribution is -0.140. The van der Waals surface area contributed by atoms with Crippen LogP contribution >= 0.6 is 0 Å². The summed E-state index contributed by atoms with van der Waals surface area (Å²) in [6.07, 6.45) is 2.32. The summed E-state index contributed by atoms with van der Waals surface area (Å²) in [6.45, 7) is 11.4. The molecule has 1 aliphatic heterocycles. The molecular weight excluding hydrogens is 266 g/mol. The zero-order valence-corrected chi connectivity index (χ0v) is 14.1. The van der Waals surface area contributed by atoms with Gasteiger partial charge in [0.15, 0.2) is 0 Å². The van der Waals surface area contributed by atoms with Crippen molar-refractivity contribution in [3.8, 4) is 0 Å². The van der Waals surface area contributed by atoms with Crippen LogP contribution in [0.3, 0.4) is 0 Å². The minimum Gasteiger partial charge on any atom is -0.352 e. The molecule has 1 atom stereocenters. The summed E-state index contributed by atoms with van der Waals surface area (Å²) >= 11 is 0. The molecule has 0 aromatic rings. The van der Waals surface area contributed by atoms with Crippen LogP contribution in [0, 0.1) is 11.3 Å². The van der Waals surface area contributed by atoms with Crippen LogP contribution in [0.2, 0.25) is 0 Å². The molecule has 5 heteroatoms. The third-order valence-electron chi connectivity index (χ3n) is 3.83. The highest BCUT2D eigenvalue weighted by molar-refractivity contribution is 5.82. The predicted molar refractivity (Wildman–Crippen MR) is 84.6 cm³/mol. The van der Waals surface area contributed by atoms with E-state index < -0.39 is 6.04 Å². The summed E-state index contributed by atoms with van der Waals surface area (Å²) in [5.41, 5.74) is 5.55. The SMILES string of the molecule is CC(C)CC(N)C(=O)NC1CCN(C(=O)C(C)(C)C)CC1. The van der Waals surface area contributed by atoms with E-state index in [0.29, 0.717) is 25.4 Å². The maximum absolute atomic E-state index is 12.2. The van der Waals surface area contributed by atoms with Gasteiger partial charge in [-0.05, 0) is 25.2 Å². The van der Waals surface area contributed by atoms with Crippen molar-refractivity contribution in [3.05, 3.63) is 0 Å². The van der Waals surface area contributed by atoms with Crippen molar-refractivity contribution in [1.29, 1.82) is 0 Å². The topological polar surface area (TPSA) is 75.4 Å². The Morgan fingerprint density at radius 1 is 1.24 bits per heavy atom. The molecule has 0 aromatic carbocycles. The molecule has 21 heavy (non-hydrogen) atoms. The van der Waals surface area contributed by atoms with Crippen molar-refractivity contribution in [2.75, 3.05) is 13.1 Å². The first-order chi connectivity index (χ1) is 9.61. The fourth-order valence-corrected chi connectivity index (χ4v) is 2.62. The molecule has 0 spiro atoms. The fourth-order valence-electron chi connectivity index (χ4n) is 2.62. The molecule has 1 heterocycles. The Kier molecular flexibility index (Phi) is 6.20. The summed E-state index contributed by atoms with van der Waals surface area (Å²) in [7, 11) is 0. The molecule has 122 valence electrons. The highest BCUT2D eigenvalue weighted by Crippen LogP contribution is 2.21. The molecule has 1 fully saturated rings. The smallest absolute Gasteiger partial charge is 0.237 e. The molecule has 0 saturated carbocycles. The summed E-state index contributed by atoms with van der Waals surface area (Å²) < 4.78 is 0. The van der Waals surface area contributed by atoms with Crippen molar-refractivity contribution >= 4 is 11.8 Å². The van der Waals surface area contributed by atoms with E-state index >= 15 is 0 Å². The Balaban J connectivity index is 2.40. The number of rotatable bonds is 4. The van der Waals surface area contributed by atoms with Gasteiger partial charge < -0.3 is 16.0 Å². The Hall–Kier alpha value is -1.10.